The number of halogens is 1. The van der Waals surface area contributed by atoms with E-state index in [1.165, 1.54) is 0 Å². The Labute approximate surface area is 74.8 Å². The van der Waals surface area contributed by atoms with Crippen molar-refractivity contribution in [3.8, 4) is 0 Å². The Balaban J connectivity index is 2.53. The van der Waals surface area contributed by atoms with Gasteiger partial charge >= 0.3 is 0 Å². The molecular formula is C7H8ClN3O. The molecule has 0 heterocycles. The molecule has 0 aliphatic rings. The fourth-order valence-electron chi connectivity index (χ4n) is 0.660. The molecule has 1 aromatic rings. The molecule has 3 N–H and O–H groups in total. The second kappa shape index (κ2) is 4.58. The Bertz CT molecular complexity index is 260. The van der Waals surface area contributed by atoms with Gasteiger partial charge in [-0.05, 0) is 24.3 Å². The first kappa shape index (κ1) is 8.83. The van der Waals surface area contributed by atoms with Crippen LogP contribution < -0.4 is 10.9 Å². The van der Waals surface area contributed by atoms with Crippen LogP contribution in [0.4, 0.5) is 5.69 Å². The molecule has 0 aromatic heterocycles. The van der Waals surface area contributed by atoms with Gasteiger partial charge in [0.15, 0.2) is 0 Å². The van der Waals surface area contributed by atoms with E-state index < -0.39 is 0 Å². The van der Waals surface area contributed by atoms with E-state index in [1.807, 2.05) is 0 Å². The topological polar surface area (TPSA) is 56.6 Å². The minimum atomic E-state index is 0.671. The lowest BCUT2D eigenvalue weighted by Gasteiger charge is -1.98. The lowest BCUT2D eigenvalue weighted by molar-refractivity contribution is 0.239. The van der Waals surface area contributed by atoms with Crippen molar-refractivity contribution in [1.82, 2.24) is 5.48 Å². The maximum atomic E-state index is 8.13. The second-order valence-corrected chi connectivity index (χ2v) is 2.44. The van der Waals surface area contributed by atoms with Gasteiger partial charge in [0.05, 0.1) is 5.69 Å². The maximum Gasteiger partial charge on any atom is 0.132 e. The number of benzene rings is 1. The summed E-state index contributed by atoms with van der Waals surface area (Å²) in [6.07, 6.45) is 1.12. The highest BCUT2D eigenvalue weighted by molar-refractivity contribution is 6.30. The zero-order valence-electron chi connectivity index (χ0n) is 6.16. The highest BCUT2D eigenvalue weighted by atomic mass is 35.5. The molecule has 0 saturated carbocycles. The highest BCUT2D eigenvalue weighted by Gasteiger charge is 1.87. The van der Waals surface area contributed by atoms with Gasteiger partial charge in [-0.3, -0.25) is 16.1 Å². The van der Waals surface area contributed by atoms with Crippen LogP contribution in [0.3, 0.4) is 0 Å². The smallest absolute Gasteiger partial charge is 0.132 e. The summed E-state index contributed by atoms with van der Waals surface area (Å²) in [5.41, 5.74) is 5.23. The fourth-order valence-corrected chi connectivity index (χ4v) is 0.786. The van der Waals surface area contributed by atoms with Crippen LogP contribution in [0.5, 0.6) is 0 Å². The van der Waals surface area contributed by atoms with Gasteiger partial charge in [0, 0.05) is 5.02 Å². The first-order chi connectivity index (χ1) is 5.83. The van der Waals surface area contributed by atoms with Crippen molar-refractivity contribution < 1.29 is 5.21 Å². The number of anilines is 1. The number of hydrogen-bond donors (Lipinski definition) is 3. The molecule has 0 fully saturated rings. The molecule has 0 atom stereocenters. The van der Waals surface area contributed by atoms with Gasteiger partial charge in [-0.1, -0.05) is 11.6 Å². The average molecular weight is 186 g/mol. The minimum Gasteiger partial charge on any atom is -0.290 e. The van der Waals surface area contributed by atoms with Crippen molar-refractivity contribution in [2.75, 3.05) is 5.43 Å². The summed E-state index contributed by atoms with van der Waals surface area (Å²) in [7, 11) is 0. The van der Waals surface area contributed by atoms with Crippen molar-refractivity contribution in [1.29, 1.82) is 0 Å². The molecule has 0 spiro atoms. The Morgan fingerprint density at radius 2 is 2.00 bits per heavy atom. The van der Waals surface area contributed by atoms with Crippen molar-refractivity contribution >= 4 is 23.6 Å². The van der Waals surface area contributed by atoms with Gasteiger partial charge in [0.25, 0.3) is 0 Å². The van der Waals surface area contributed by atoms with Crippen LogP contribution in [0.1, 0.15) is 0 Å². The standard InChI is InChI=1S/C7H8ClN3O/c8-6-1-3-7(4-2-6)11-9-5-10-12/h1-5,11-12H,(H,9,10). The highest BCUT2D eigenvalue weighted by Crippen LogP contribution is 2.12. The number of nitrogens with one attached hydrogen (secondary N) is 2. The molecule has 0 unspecified atom stereocenters. The van der Waals surface area contributed by atoms with Crippen LogP contribution in [-0.4, -0.2) is 11.5 Å². The van der Waals surface area contributed by atoms with Crippen molar-refractivity contribution in [3.05, 3.63) is 29.3 Å². The van der Waals surface area contributed by atoms with Gasteiger partial charge in [0.1, 0.15) is 6.34 Å². The van der Waals surface area contributed by atoms with E-state index in [4.69, 9.17) is 16.8 Å². The summed E-state index contributed by atoms with van der Waals surface area (Å²) in [6, 6.07) is 7.03. The molecule has 0 radical (unpaired) electrons. The van der Waals surface area contributed by atoms with Gasteiger partial charge < -0.3 is 0 Å². The first-order valence-corrected chi connectivity index (χ1v) is 3.63. The molecule has 12 heavy (non-hydrogen) atoms. The molecule has 5 heteroatoms. The molecule has 0 aliphatic heterocycles. The van der Waals surface area contributed by atoms with E-state index in [0.29, 0.717) is 5.02 Å². The summed E-state index contributed by atoms with van der Waals surface area (Å²) in [5, 5.41) is 12.4. The third-order valence-electron chi connectivity index (χ3n) is 1.16. The zero-order valence-corrected chi connectivity index (χ0v) is 6.92. The van der Waals surface area contributed by atoms with Crippen LogP contribution in [0.15, 0.2) is 29.4 Å². The fraction of sp³-hybridized carbons (Fsp3) is 0. The van der Waals surface area contributed by atoms with Crippen LogP contribution in [-0.2, 0) is 0 Å². The van der Waals surface area contributed by atoms with Crippen molar-refractivity contribution in [2.45, 2.75) is 0 Å². The summed E-state index contributed by atoms with van der Waals surface area (Å²) in [4.78, 5) is 0. The van der Waals surface area contributed by atoms with E-state index >= 15 is 0 Å². The summed E-state index contributed by atoms with van der Waals surface area (Å²) >= 11 is 5.65. The number of rotatable bonds is 3. The number of hydrazone groups is 1. The summed E-state index contributed by atoms with van der Waals surface area (Å²) < 4.78 is 0. The molecular weight excluding hydrogens is 178 g/mol. The normalized spacial score (nSPS) is 10.2. The van der Waals surface area contributed by atoms with E-state index in [9.17, 15) is 0 Å². The molecule has 1 rings (SSSR count). The molecule has 0 saturated heterocycles. The number of hydroxylamine groups is 1. The molecule has 4 nitrogen and oxygen atoms in total. The third-order valence-corrected chi connectivity index (χ3v) is 1.41. The largest absolute Gasteiger partial charge is 0.290 e. The van der Waals surface area contributed by atoms with Crippen LogP contribution in [0.25, 0.3) is 0 Å². The monoisotopic (exact) mass is 185 g/mol. The molecule has 1 aromatic carbocycles. The lowest BCUT2D eigenvalue weighted by Crippen LogP contribution is -2.04. The second-order valence-electron chi connectivity index (χ2n) is 2.01. The Hall–Kier alpha value is -1.26. The Kier molecular flexibility index (Phi) is 3.37. The lowest BCUT2D eigenvalue weighted by atomic mass is 10.3. The third kappa shape index (κ3) is 2.77. The average Bonchev–Trinajstić information content (AvgIpc) is 2.09. The van der Waals surface area contributed by atoms with Crippen molar-refractivity contribution in [3.63, 3.8) is 0 Å². The predicted octanol–water partition coefficient (Wildman–Crippen LogP) is 1.67. The predicted molar refractivity (Wildman–Crippen MR) is 48.5 cm³/mol. The zero-order chi connectivity index (χ0) is 8.81. The number of nitrogens with zero attached hydrogens (tertiary/aromatic N) is 1. The minimum absolute atomic E-state index is 0.671. The Morgan fingerprint density at radius 3 is 2.58 bits per heavy atom. The van der Waals surface area contributed by atoms with E-state index in [1.54, 1.807) is 29.7 Å². The van der Waals surface area contributed by atoms with Gasteiger partial charge in [0.2, 0.25) is 0 Å². The van der Waals surface area contributed by atoms with Crippen LogP contribution in [0.2, 0.25) is 5.02 Å². The number of hydrogen-bond acceptors (Lipinski definition) is 3. The molecule has 0 amide bonds. The van der Waals surface area contributed by atoms with Gasteiger partial charge in [-0.15, -0.1) is 0 Å². The summed E-state index contributed by atoms with van der Waals surface area (Å²) in [6.45, 7) is 0. The molecule has 0 bridgehead atoms. The molecule has 0 aliphatic carbocycles. The van der Waals surface area contributed by atoms with E-state index in [2.05, 4.69) is 10.5 Å². The van der Waals surface area contributed by atoms with Crippen LogP contribution in [0, 0.1) is 0 Å². The van der Waals surface area contributed by atoms with Gasteiger partial charge in [-0.25, -0.2) is 0 Å². The van der Waals surface area contributed by atoms with E-state index in [0.717, 1.165) is 12.0 Å². The SMILES string of the molecule is ONC=NNc1ccc(Cl)cc1. The van der Waals surface area contributed by atoms with Crippen molar-refractivity contribution in [2.24, 2.45) is 5.10 Å². The first-order valence-electron chi connectivity index (χ1n) is 3.25. The quantitative estimate of drug-likeness (QED) is 0.382. The molecule has 64 valence electrons. The van der Waals surface area contributed by atoms with Gasteiger partial charge in [-0.2, -0.15) is 5.10 Å². The van der Waals surface area contributed by atoms with E-state index in [-0.39, 0.29) is 0 Å². The summed E-state index contributed by atoms with van der Waals surface area (Å²) in [5.74, 6) is 0. The Morgan fingerprint density at radius 1 is 1.33 bits per heavy atom. The maximum absolute atomic E-state index is 8.13. The van der Waals surface area contributed by atoms with Crippen LogP contribution >= 0.6 is 11.6 Å².